The zero-order chi connectivity index (χ0) is 9.80. The normalized spacial score (nSPS) is 17.9. The Kier molecular flexibility index (Phi) is 2.80. The summed E-state index contributed by atoms with van der Waals surface area (Å²) in [6.07, 6.45) is 5.61. The molecule has 1 saturated heterocycles. The number of aromatic nitrogens is 2. The summed E-state index contributed by atoms with van der Waals surface area (Å²) in [5, 5.41) is 12.8. The van der Waals surface area contributed by atoms with Gasteiger partial charge in [-0.05, 0) is 18.8 Å². The van der Waals surface area contributed by atoms with Crippen LogP contribution >= 0.6 is 0 Å². The van der Waals surface area contributed by atoms with Crippen molar-refractivity contribution in [1.29, 1.82) is 5.26 Å². The minimum Gasteiger partial charge on any atom is -0.381 e. The highest BCUT2D eigenvalue weighted by atomic mass is 16.5. The first-order chi connectivity index (χ1) is 6.88. The van der Waals surface area contributed by atoms with Crippen molar-refractivity contribution in [3.63, 3.8) is 0 Å². The third-order valence-electron chi connectivity index (χ3n) is 2.55. The van der Waals surface area contributed by atoms with Gasteiger partial charge in [-0.15, -0.1) is 0 Å². The Balaban J connectivity index is 1.93. The number of hydrogen-bond acceptors (Lipinski definition) is 3. The molecule has 0 amide bonds. The van der Waals surface area contributed by atoms with Gasteiger partial charge in [0, 0.05) is 26.0 Å². The Morgan fingerprint density at radius 1 is 1.57 bits per heavy atom. The van der Waals surface area contributed by atoms with Crippen molar-refractivity contribution in [2.45, 2.75) is 19.4 Å². The van der Waals surface area contributed by atoms with Crippen molar-refractivity contribution in [2.24, 2.45) is 5.92 Å². The third-order valence-corrected chi connectivity index (χ3v) is 2.55. The fourth-order valence-electron chi connectivity index (χ4n) is 1.71. The minimum atomic E-state index is 0.636. The number of nitriles is 1. The molecular formula is C10H13N3O. The molecule has 1 fully saturated rings. The quantitative estimate of drug-likeness (QED) is 0.705. The third kappa shape index (κ3) is 2.12. The monoisotopic (exact) mass is 191 g/mol. The van der Waals surface area contributed by atoms with Gasteiger partial charge in [0.2, 0.25) is 0 Å². The van der Waals surface area contributed by atoms with Gasteiger partial charge in [-0.3, -0.25) is 4.68 Å². The van der Waals surface area contributed by atoms with Crippen molar-refractivity contribution >= 4 is 0 Å². The molecule has 1 aromatic heterocycles. The standard InChI is InChI=1S/C10H13N3O/c11-5-10-6-12-13(8-10)7-9-1-3-14-4-2-9/h6,8-9H,1-4,7H2. The molecule has 14 heavy (non-hydrogen) atoms. The van der Waals surface area contributed by atoms with Crippen LogP contribution in [0.15, 0.2) is 12.4 Å². The summed E-state index contributed by atoms with van der Waals surface area (Å²) >= 11 is 0. The molecule has 0 unspecified atom stereocenters. The molecule has 0 N–H and O–H groups in total. The van der Waals surface area contributed by atoms with Crippen molar-refractivity contribution in [1.82, 2.24) is 9.78 Å². The molecule has 1 aromatic rings. The van der Waals surface area contributed by atoms with E-state index in [4.69, 9.17) is 10.00 Å². The highest BCUT2D eigenvalue weighted by molar-refractivity contribution is 5.21. The molecule has 0 aromatic carbocycles. The molecular weight excluding hydrogens is 178 g/mol. The summed E-state index contributed by atoms with van der Waals surface area (Å²) in [5.74, 6) is 0.648. The van der Waals surface area contributed by atoms with E-state index in [-0.39, 0.29) is 0 Å². The first-order valence-corrected chi connectivity index (χ1v) is 4.89. The van der Waals surface area contributed by atoms with Gasteiger partial charge in [0.1, 0.15) is 6.07 Å². The predicted octanol–water partition coefficient (Wildman–Crippen LogP) is 1.18. The summed E-state index contributed by atoms with van der Waals surface area (Å²) in [6, 6.07) is 2.08. The second-order valence-electron chi connectivity index (χ2n) is 3.62. The largest absolute Gasteiger partial charge is 0.381 e. The molecule has 0 aliphatic carbocycles. The number of rotatable bonds is 2. The van der Waals surface area contributed by atoms with Crippen LogP contribution < -0.4 is 0 Å². The Labute approximate surface area is 83.1 Å². The van der Waals surface area contributed by atoms with Gasteiger partial charge in [-0.25, -0.2) is 0 Å². The smallest absolute Gasteiger partial charge is 0.102 e. The van der Waals surface area contributed by atoms with Crippen molar-refractivity contribution in [3.05, 3.63) is 18.0 Å². The molecule has 4 heteroatoms. The predicted molar refractivity (Wildman–Crippen MR) is 50.5 cm³/mol. The van der Waals surface area contributed by atoms with Crippen LogP contribution in [0.4, 0.5) is 0 Å². The molecule has 74 valence electrons. The van der Waals surface area contributed by atoms with Gasteiger partial charge in [-0.2, -0.15) is 10.4 Å². The van der Waals surface area contributed by atoms with Gasteiger partial charge in [-0.1, -0.05) is 0 Å². The van der Waals surface area contributed by atoms with Crippen molar-refractivity contribution in [2.75, 3.05) is 13.2 Å². The Morgan fingerprint density at radius 3 is 3.00 bits per heavy atom. The van der Waals surface area contributed by atoms with Gasteiger partial charge < -0.3 is 4.74 Å². The molecule has 2 rings (SSSR count). The highest BCUT2D eigenvalue weighted by Crippen LogP contribution is 2.16. The summed E-state index contributed by atoms with van der Waals surface area (Å²) in [4.78, 5) is 0. The van der Waals surface area contributed by atoms with Crippen molar-refractivity contribution in [3.8, 4) is 6.07 Å². The average molecular weight is 191 g/mol. The van der Waals surface area contributed by atoms with E-state index >= 15 is 0 Å². The van der Waals surface area contributed by atoms with E-state index in [1.165, 1.54) is 0 Å². The van der Waals surface area contributed by atoms with Gasteiger partial charge in [0.15, 0.2) is 0 Å². The second kappa shape index (κ2) is 4.25. The van der Waals surface area contributed by atoms with E-state index in [2.05, 4.69) is 11.2 Å². The van der Waals surface area contributed by atoms with Gasteiger partial charge in [0.25, 0.3) is 0 Å². The molecule has 0 atom stereocenters. The summed E-state index contributed by atoms with van der Waals surface area (Å²) in [6.45, 7) is 2.62. The second-order valence-corrected chi connectivity index (χ2v) is 3.62. The fraction of sp³-hybridized carbons (Fsp3) is 0.600. The maximum absolute atomic E-state index is 8.63. The van der Waals surface area contributed by atoms with E-state index in [9.17, 15) is 0 Å². The summed E-state index contributed by atoms with van der Waals surface area (Å²) in [5.41, 5.74) is 0.636. The molecule has 1 aliphatic rings. The Hall–Kier alpha value is -1.34. The zero-order valence-corrected chi connectivity index (χ0v) is 8.02. The number of nitrogens with zero attached hydrogens (tertiary/aromatic N) is 3. The van der Waals surface area contributed by atoms with Crippen LogP contribution in [-0.4, -0.2) is 23.0 Å². The van der Waals surface area contributed by atoms with E-state index in [0.29, 0.717) is 11.5 Å². The first kappa shape index (κ1) is 9.22. The van der Waals surface area contributed by atoms with Crippen LogP contribution in [0, 0.1) is 17.2 Å². The van der Waals surface area contributed by atoms with E-state index in [0.717, 1.165) is 32.6 Å². The van der Waals surface area contributed by atoms with Crippen molar-refractivity contribution < 1.29 is 4.74 Å². The molecule has 0 spiro atoms. The molecule has 2 heterocycles. The Bertz CT molecular complexity index is 333. The molecule has 0 radical (unpaired) electrons. The zero-order valence-electron chi connectivity index (χ0n) is 8.02. The lowest BCUT2D eigenvalue weighted by Crippen LogP contribution is -2.20. The van der Waals surface area contributed by atoms with E-state index < -0.39 is 0 Å². The maximum atomic E-state index is 8.63. The maximum Gasteiger partial charge on any atom is 0.102 e. The Morgan fingerprint density at radius 2 is 2.36 bits per heavy atom. The lowest BCUT2D eigenvalue weighted by Gasteiger charge is -2.21. The fourth-order valence-corrected chi connectivity index (χ4v) is 1.71. The van der Waals surface area contributed by atoms with Crippen LogP contribution in [-0.2, 0) is 11.3 Å². The molecule has 4 nitrogen and oxygen atoms in total. The lowest BCUT2D eigenvalue weighted by atomic mass is 10.0. The highest BCUT2D eigenvalue weighted by Gasteiger charge is 2.14. The van der Waals surface area contributed by atoms with Crippen LogP contribution in [0.3, 0.4) is 0 Å². The van der Waals surface area contributed by atoms with Crippen LogP contribution in [0.5, 0.6) is 0 Å². The van der Waals surface area contributed by atoms with Crippen LogP contribution in [0.1, 0.15) is 18.4 Å². The van der Waals surface area contributed by atoms with E-state index in [1.54, 1.807) is 12.4 Å². The molecule has 1 aliphatic heterocycles. The van der Waals surface area contributed by atoms with Crippen LogP contribution in [0.2, 0.25) is 0 Å². The number of ether oxygens (including phenoxy) is 1. The SMILES string of the molecule is N#Cc1cnn(CC2CCOCC2)c1. The van der Waals surface area contributed by atoms with Crippen LogP contribution in [0.25, 0.3) is 0 Å². The summed E-state index contributed by atoms with van der Waals surface area (Å²) < 4.78 is 7.14. The average Bonchev–Trinajstić information content (AvgIpc) is 2.67. The first-order valence-electron chi connectivity index (χ1n) is 4.89. The molecule has 0 bridgehead atoms. The number of hydrogen-bond donors (Lipinski definition) is 0. The minimum absolute atomic E-state index is 0.636. The summed E-state index contributed by atoms with van der Waals surface area (Å²) in [7, 11) is 0. The lowest BCUT2D eigenvalue weighted by molar-refractivity contribution is 0.0601. The van der Waals surface area contributed by atoms with E-state index in [1.807, 2.05) is 4.68 Å². The van der Waals surface area contributed by atoms with Gasteiger partial charge >= 0.3 is 0 Å². The molecule has 0 saturated carbocycles. The van der Waals surface area contributed by atoms with Gasteiger partial charge in [0.05, 0.1) is 11.8 Å². The topological polar surface area (TPSA) is 50.8 Å².